The number of likely N-dealkylation sites (tertiary alicyclic amines) is 1. The van der Waals surface area contributed by atoms with Crippen molar-refractivity contribution in [1.82, 2.24) is 9.88 Å². The van der Waals surface area contributed by atoms with E-state index in [0.29, 0.717) is 0 Å². The van der Waals surface area contributed by atoms with Crippen LogP contribution in [0.1, 0.15) is 42.9 Å². The minimum Gasteiger partial charge on any atom is -0.299 e. The minimum absolute atomic E-state index is 0.744. The Morgan fingerprint density at radius 1 is 1.05 bits per heavy atom. The summed E-state index contributed by atoms with van der Waals surface area (Å²) in [4.78, 5) is 7.35. The van der Waals surface area contributed by atoms with E-state index in [1.165, 1.54) is 55.4 Å². The molecule has 1 aliphatic heterocycles. The Balaban J connectivity index is 1.61. The van der Waals surface area contributed by atoms with Gasteiger partial charge in [0.15, 0.2) is 0 Å². The maximum Gasteiger partial charge on any atom is 0.0705 e. The topological polar surface area (TPSA) is 16.1 Å². The fourth-order valence-corrected chi connectivity index (χ4v) is 3.09. The van der Waals surface area contributed by atoms with Crippen LogP contribution in [0.3, 0.4) is 0 Å². The van der Waals surface area contributed by atoms with Gasteiger partial charge in [-0.2, -0.15) is 0 Å². The lowest BCUT2D eigenvalue weighted by molar-refractivity contribution is 0.331. The van der Waals surface area contributed by atoms with Crippen molar-refractivity contribution in [2.24, 2.45) is 0 Å². The van der Waals surface area contributed by atoms with Crippen LogP contribution in [0.2, 0.25) is 0 Å². The predicted molar refractivity (Wildman–Crippen MR) is 78.2 cm³/mol. The number of rotatable bonds is 3. The minimum atomic E-state index is 0.744. The van der Waals surface area contributed by atoms with Crippen molar-refractivity contribution < 1.29 is 0 Å². The SMILES string of the molecule is c1cc2nc(C3CC3)ccc2cc1CN1CCCC1. The smallest absolute Gasteiger partial charge is 0.0705 e. The highest BCUT2D eigenvalue weighted by Gasteiger charge is 2.24. The summed E-state index contributed by atoms with van der Waals surface area (Å²) in [6, 6.07) is 11.2. The van der Waals surface area contributed by atoms with Crippen molar-refractivity contribution in [3.05, 3.63) is 41.6 Å². The van der Waals surface area contributed by atoms with Gasteiger partial charge in [0.25, 0.3) is 0 Å². The van der Waals surface area contributed by atoms with Gasteiger partial charge in [-0.05, 0) is 62.5 Å². The van der Waals surface area contributed by atoms with Gasteiger partial charge in [0, 0.05) is 23.5 Å². The quantitative estimate of drug-likeness (QED) is 0.828. The molecular weight excluding hydrogens is 232 g/mol. The predicted octanol–water partition coefficient (Wildman–Crippen LogP) is 3.71. The number of pyridine rings is 1. The van der Waals surface area contributed by atoms with Gasteiger partial charge in [0.1, 0.15) is 0 Å². The van der Waals surface area contributed by atoms with Gasteiger partial charge in [-0.25, -0.2) is 0 Å². The van der Waals surface area contributed by atoms with E-state index in [1.54, 1.807) is 0 Å². The van der Waals surface area contributed by atoms with Crippen LogP contribution in [-0.4, -0.2) is 23.0 Å². The zero-order valence-electron chi connectivity index (χ0n) is 11.3. The molecule has 1 saturated heterocycles. The second-order valence-corrected chi connectivity index (χ2v) is 6.02. The Morgan fingerprint density at radius 2 is 1.89 bits per heavy atom. The Hall–Kier alpha value is -1.41. The van der Waals surface area contributed by atoms with Gasteiger partial charge in [-0.15, -0.1) is 0 Å². The molecule has 0 unspecified atom stereocenters. The summed E-state index contributed by atoms with van der Waals surface area (Å²) >= 11 is 0. The molecule has 2 heteroatoms. The third-order valence-electron chi connectivity index (χ3n) is 4.38. The first-order valence-corrected chi connectivity index (χ1v) is 7.50. The fraction of sp³-hybridized carbons (Fsp3) is 0.471. The van der Waals surface area contributed by atoms with Crippen LogP contribution in [0.25, 0.3) is 10.9 Å². The first-order valence-electron chi connectivity index (χ1n) is 7.50. The summed E-state index contributed by atoms with van der Waals surface area (Å²) in [6.45, 7) is 3.62. The highest BCUT2D eigenvalue weighted by atomic mass is 15.1. The van der Waals surface area contributed by atoms with Gasteiger partial charge in [-0.1, -0.05) is 12.1 Å². The van der Waals surface area contributed by atoms with E-state index in [2.05, 4.69) is 35.2 Å². The third-order valence-corrected chi connectivity index (χ3v) is 4.38. The van der Waals surface area contributed by atoms with Gasteiger partial charge < -0.3 is 0 Å². The van der Waals surface area contributed by atoms with E-state index in [0.717, 1.165) is 18.0 Å². The van der Waals surface area contributed by atoms with E-state index >= 15 is 0 Å². The van der Waals surface area contributed by atoms with E-state index < -0.39 is 0 Å². The maximum absolute atomic E-state index is 4.80. The molecule has 1 aromatic heterocycles. The number of aromatic nitrogens is 1. The average molecular weight is 252 g/mol. The standard InChI is InChI=1S/C17H20N2/c1-2-10-19(9-1)12-13-3-7-17-15(11-13)6-8-16(18-17)14-4-5-14/h3,6-8,11,14H,1-2,4-5,9-10,12H2. The molecule has 98 valence electrons. The Labute approximate surface area is 114 Å². The Morgan fingerprint density at radius 3 is 2.68 bits per heavy atom. The second-order valence-electron chi connectivity index (χ2n) is 6.02. The molecule has 1 saturated carbocycles. The fourth-order valence-electron chi connectivity index (χ4n) is 3.09. The van der Waals surface area contributed by atoms with Crippen LogP contribution in [0.5, 0.6) is 0 Å². The molecule has 0 N–H and O–H groups in total. The molecule has 0 atom stereocenters. The summed E-state index contributed by atoms with van der Waals surface area (Å²) in [7, 11) is 0. The Bertz CT molecular complexity index is 595. The van der Waals surface area contributed by atoms with Crippen LogP contribution in [0.15, 0.2) is 30.3 Å². The second kappa shape index (κ2) is 4.61. The zero-order chi connectivity index (χ0) is 12.7. The van der Waals surface area contributed by atoms with Crippen molar-refractivity contribution in [1.29, 1.82) is 0 Å². The molecule has 1 aliphatic carbocycles. The van der Waals surface area contributed by atoms with Crippen LogP contribution in [0, 0.1) is 0 Å². The molecule has 2 aromatic rings. The van der Waals surface area contributed by atoms with Crippen molar-refractivity contribution in [3.63, 3.8) is 0 Å². The number of fused-ring (bicyclic) bond motifs is 1. The average Bonchev–Trinajstić information content (AvgIpc) is 3.17. The summed E-state index contributed by atoms with van der Waals surface area (Å²) in [5, 5.41) is 1.29. The van der Waals surface area contributed by atoms with Gasteiger partial charge in [0.2, 0.25) is 0 Å². The van der Waals surface area contributed by atoms with E-state index in [1.807, 2.05) is 0 Å². The first kappa shape index (κ1) is 11.4. The number of benzene rings is 1. The molecule has 2 fully saturated rings. The van der Waals surface area contributed by atoms with Crippen molar-refractivity contribution in [3.8, 4) is 0 Å². The third kappa shape index (κ3) is 2.37. The highest BCUT2D eigenvalue weighted by molar-refractivity contribution is 5.79. The lowest BCUT2D eigenvalue weighted by Crippen LogP contribution is -2.18. The molecule has 2 aliphatic rings. The molecule has 0 radical (unpaired) electrons. The monoisotopic (exact) mass is 252 g/mol. The van der Waals surface area contributed by atoms with Crippen LogP contribution < -0.4 is 0 Å². The van der Waals surface area contributed by atoms with Crippen molar-refractivity contribution in [2.75, 3.05) is 13.1 Å². The van der Waals surface area contributed by atoms with E-state index in [9.17, 15) is 0 Å². The van der Waals surface area contributed by atoms with Crippen molar-refractivity contribution in [2.45, 2.75) is 38.1 Å². The molecule has 19 heavy (non-hydrogen) atoms. The molecule has 2 nitrogen and oxygen atoms in total. The van der Waals surface area contributed by atoms with E-state index in [-0.39, 0.29) is 0 Å². The maximum atomic E-state index is 4.80. The van der Waals surface area contributed by atoms with Crippen LogP contribution >= 0.6 is 0 Å². The first-order chi connectivity index (χ1) is 9.38. The number of nitrogens with zero attached hydrogens (tertiary/aromatic N) is 2. The number of hydrogen-bond donors (Lipinski definition) is 0. The normalized spacial score (nSPS) is 20.2. The molecule has 0 amide bonds. The largest absolute Gasteiger partial charge is 0.299 e. The zero-order valence-corrected chi connectivity index (χ0v) is 11.3. The Kier molecular flexibility index (Phi) is 2.77. The highest BCUT2D eigenvalue weighted by Crippen LogP contribution is 2.39. The molecule has 1 aromatic carbocycles. The van der Waals surface area contributed by atoms with Crippen LogP contribution in [0.4, 0.5) is 0 Å². The summed E-state index contributed by atoms with van der Waals surface area (Å²) < 4.78 is 0. The summed E-state index contributed by atoms with van der Waals surface area (Å²) in [5.74, 6) is 0.744. The van der Waals surface area contributed by atoms with Gasteiger partial charge in [0.05, 0.1) is 5.52 Å². The lowest BCUT2D eigenvalue weighted by Gasteiger charge is -2.14. The lowest BCUT2D eigenvalue weighted by atomic mass is 10.1. The van der Waals surface area contributed by atoms with Gasteiger partial charge >= 0.3 is 0 Å². The molecule has 0 bridgehead atoms. The van der Waals surface area contributed by atoms with Crippen molar-refractivity contribution >= 4 is 10.9 Å². The van der Waals surface area contributed by atoms with Crippen LogP contribution in [-0.2, 0) is 6.54 Å². The number of hydrogen-bond acceptors (Lipinski definition) is 2. The van der Waals surface area contributed by atoms with E-state index in [4.69, 9.17) is 4.98 Å². The summed E-state index contributed by atoms with van der Waals surface area (Å²) in [5.41, 5.74) is 3.88. The molecule has 0 spiro atoms. The molecule has 2 heterocycles. The summed E-state index contributed by atoms with van der Waals surface area (Å²) in [6.07, 6.45) is 5.37. The molecule has 4 rings (SSSR count). The molecular formula is C17H20N2. The van der Waals surface area contributed by atoms with Gasteiger partial charge in [-0.3, -0.25) is 9.88 Å².